The molecule has 0 fully saturated rings. The second kappa shape index (κ2) is 8.13. The van der Waals surface area contributed by atoms with Gasteiger partial charge in [0.2, 0.25) is 0 Å². The Balaban J connectivity index is 2.38. The number of carboxylic acids is 1. The second-order valence-corrected chi connectivity index (χ2v) is 4.56. The van der Waals surface area contributed by atoms with Crippen LogP contribution in [0.1, 0.15) is 29.6 Å². The zero-order valence-corrected chi connectivity index (χ0v) is 11.4. The van der Waals surface area contributed by atoms with E-state index in [-0.39, 0.29) is 18.4 Å². The minimum Gasteiger partial charge on any atom is -0.480 e. The maximum Gasteiger partial charge on any atom is 0.345 e. The van der Waals surface area contributed by atoms with Gasteiger partial charge in [-0.05, 0) is 31.4 Å². The first-order valence-electron chi connectivity index (χ1n) is 6.47. The fourth-order valence-corrected chi connectivity index (χ4v) is 1.60. The molecule has 0 aliphatic rings. The average molecular weight is 294 g/mol. The average Bonchev–Trinajstić information content (AvgIpc) is 2.47. The third kappa shape index (κ3) is 5.72. The summed E-state index contributed by atoms with van der Waals surface area (Å²) < 4.78 is 4.65. The lowest BCUT2D eigenvalue weighted by Crippen LogP contribution is -2.35. The highest BCUT2D eigenvalue weighted by atomic mass is 16.6. The summed E-state index contributed by atoms with van der Waals surface area (Å²) in [6, 6.07) is 6.09. The van der Waals surface area contributed by atoms with Crippen LogP contribution in [0.2, 0.25) is 0 Å². The Labute approximate surface area is 121 Å². The largest absolute Gasteiger partial charge is 0.480 e. The SMILES string of the molecule is NC(CCCC(N)C(=O)OC(=O)c1ccccc1)C(=O)O. The van der Waals surface area contributed by atoms with E-state index in [1.165, 1.54) is 12.1 Å². The van der Waals surface area contributed by atoms with Crippen molar-refractivity contribution in [2.75, 3.05) is 0 Å². The molecule has 5 N–H and O–H groups in total. The van der Waals surface area contributed by atoms with E-state index in [0.29, 0.717) is 6.42 Å². The van der Waals surface area contributed by atoms with Crippen LogP contribution in [0.3, 0.4) is 0 Å². The summed E-state index contributed by atoms with van der Waals surface area (Å²) in [6.45, 7) is 0. The first kappa shape index (κ1) is 16.8. The number of carbonyl (C=O) groups is 3. The van der Waals surface area contributed by atoms with Crippen molar-refractivity contribution >= 4 is 17.9 Å². The highest BCUT2D eigenvalue weighted by molar-refractivity contribution is 5.97. The molecule has 21 heavy (non-hydrogen) atoms. The smallest absolute Gasteiger partial charge is 0.345 e. The molecule has 7 heteroatoms. The van der Waals surface area contributed by atoms with Crippen LogP contribution in [0.25, 0.3) is 0 Å². The van der Waals surface area contributed by atoms with E-state index in [4.69, 9.17) is 16.6 Å². The summed E-state index contributed by atoms with van der Waals surface area (Å²) >= 11 is 0. The maximum atomic E-state index is 11.6. The van der Waals surface area contributed by atoms with Crippen LogP contribution in [0.15, 0.2) is 30.3 Å². The number of ether oxygens (including phenoxy) is 1. The molecule has 1 rings (SSSR count). The maximum absolute atomic E-state index is 11.6. The molecular weight excluding hydrogens is 276 g/mol. The molecule has 0 heterocycles. The Morgan fingerprint density at radius 2 is 1.62 bits per heavy atom. The quantitative estimate of drug-likeness (QED) is 0.486. The topological polar surface area (TPSA) is 133 Å². The van der Waals surface area contributed by atoms with Crippen molar-refractivity contribution in [2.45, 2.75) is 31.3 Å². The first-order chi connectivity index (χ1) is 9.91. The highest BCUT2D eigenvalue weighted by Gasteiger charge is 2.20. The molecule has 0 saturated heterocycles. The van der Waals surface area contributed by atoms with Gasteiger partial charge in [0, 0.05) is 0 Å². The lowest BCUT2D eigenvalue weighted by molar-refractivity contribution is -0.139. The molecule has 114 valence electrons. The summed E-state index contributed by atoms with van der Waals surface area (Å²) in [5.74, 6) is -2.71. The number of hydrogen-bond acceptors (Lipinski definition) is 6. The van der Waals surface area contributed by atoms with Gasteiger partial charge in [-0.25, -0.2) is 9.59 Å². The number of aliphatic carboxylic acids is 1. The molecule has 2 atom stereocenters. The van der Waals surface area contributed by atoms with E-state index in [1.54, 1.807) is 18.2 Å². The molecule has 0 aromatic heterocycles. The summed E-state index contributed by atoms with van der Waals surface area (Å²) in [6.07, 6.45) is 0.744. The number of benzene rings is 1. The van der Waals surface area contributed by atoms with Crippen molar-refractivity contribution < 1.29 is 24.2 Å². The van der Waals surface area contributed by atoms with Gasteiger partial charge in [-0.3, -0.25) is 4.79 Å². The van der Waals surface area contributed by atoms with Crippen LogP contribution < -0.4 is 11.5 Å². The molecule has 0 bridgehead atoms. The fraction of sp³-hybridized carbons (Fsp3) is 0.357. The number of nitrogens with two attached hydrogens (primary N) is 2. The summed E-state index contributed by atoms with van der Waals surface area (Å²) in [7, 11) is 0. The van der Waals surface area contributed by atoms with E-state index >= 15 is 0 Å². The minimum atomic E-state index is -1.11. The van der Waals surface area contributed by atoms with E-state index in [2.05, 4.69) is 4.74 Å². The van der Waals surface area contributed by atoms with Gasteiger partial charge in [0.15, 0.2) is 0 Å². The van der Waals surface area contributed by atoms with Crippen LogP contribution in [0.5, 0.6) is 0 Å². The molecule has 7 nitrogen and oxygen atoms in total. The molecule has 0 saturated carbocycles. The monoisotopic (exact) mass is 294 g/mol. The Morgan fingerprint density at radius 3 is 2.19 bits per heavy atom. The number of rotatable bonds is 7. The molecule has 2 unspecified atom stereocenters. The van der Waals surface area contributed by atoms with Gasteiger partial charge in [0.05, 0.1) is 5.56 Å². The van der Waals surface area contributed by atoms with Crippen molar-refractivity contribution in [1.82, 2.24) is 0 Å². The van der Waals surface area contributed by atoms with Crippen molar-refractivity contribution in [2.24, 2.45) is 11.5 Å². The van der Waals surface area contributed by atoms with E-state index < -0.39 is 30.0 Å². The molecular formula is C14H18N2O5. The fourth-order valence-electron chi connectivity index (χ4n) is 1.60. The number of carbonyl (C=O) groups excluding carboxylic acids is 2. The molecule has 0 aliphatic carbocycles. The molecule has 0 aliphatic heterocycles. The molecule has 0 amide bonds. The Morgan fingerprint density at radius 1 is 1.05 bits per heavy atom. The minimum absolute atomic E-state index is 0.196. The zero-order chi connectivity index (χ0) is 15.8. The molecule has 0 spiro atoms. The number of hydrogen-bond donors (Lipinski definition) is 3. The van der Waals surface area contributed by atoms with Crippen LogP contribution in [-0.4, -0.2) is 35.1 Å². The Hall–Kier alpha value is -2.25. The number of carboxylic acid groups (broad SMARTS) is 1. The van der Waals surface area contributed by atoms with Crippen molar-refractivity contribution in [3.8, 4) is 0 Å². The van der Waals surface area contributed by atoms with Crippen LogP contribution in [0, 0.1) is 0 Å². The normalized spacial score (nSPS) is 13.2. The summed E-state index contributed by atoms with van der Waals surface area (Å²) in [5, 5.41) is 8.61. The highest BCUT2D eigenvalue weighted by Crippen LogP contribution is 2.06. The summed E-state index contributed by atoms with van der Waals surface area (Å²) in [4.78, 5) is 33.8. The summed E-state index contributed by atoms with van der Waals surface area (Å²) in [5.41, 5.74) is 11.2. The van der Waals surface area contributed by atoms with Gasteiger partial charge in [-0.15, -0.1) is 0 Å². The van der Waals surface area contributed by atoms with Gasteiger partial charge >= 0.3 is 17.9 Å². The van der Waals surface area contributed by atoms with Gasteiger partial charge in [0.25, 0.3) is 0 Å². The van der Waals surface area contributed by atoms with Gasteiger partial charge < -0.3 is 21.3 Å². The lowest BCUT2D eigenvalue weighted by atomic mass is 10.1. The van der Waals surface area contributed by atoms with Crippen molar-refractivity contribution in [3.63, 3.8) is 0 Å². The van der Waals surface area contributed by atoms with Gasteiger partial charge in [0.1, 0.15) is 12.1 Å². The predicted octanol–water partition coefficient (Wildman–Crippen LogP) is 0.279. The van der Waals surface area contributed by atoms with Crippen LogP contribution >= 0.6 is 0 Å². The van der Waals surface area contributed by atoms with Gasteiger partial charge in [-0.2, -0.15) is 0 Å². The standard InChI is InChI=1S/C14H18N2O5/c15-10(12(17)18)7-4-8-11(16)14(20)21-13(19)9-5-2-1-3-6-9/h1-3,5-6,10-11H,4,7-8,15-16H2,(H,17,18). The third-order valence-electron chi connectivity index (χ3n) is 2.85. The second-order valence-electron chi connectivity index (χ2n) is 4.56. The number of esters is 2. The van der Waals surface area contributed by atoms with Crippen LogP contribution in [-0.2, 0) is 14.3 Å². The Bertz CT molecular complexity index is 503. The third-order valence-corrected chi connectivity index (χ3v) is 2.85. The van der Waals surface area contributed by atoms with E-state index in [9.17, 15) is 14.4 Å². The van der Waals surface area contributed by atoms with Crippen LogP contribution in [0.4, 0.5) is 0 Å². The first-order valence-corrected chi connectivity index (χ1v) is 6.47. The lowest BCUT2D eigenvalue weighted by Gasteiger charge is -2.11. The predicted molar refractivity (Wildman–Crippen MR) is 74.3 cm³/mol. The molecule has 1 aromatic rings. The Kier molecular flexibility index (Phi) is 6.51. The van der Waals surface area contributed by atoms with Crippen molar-refractivity contribution in [1.29, 1.82) is 0 Å². The van der Waals surface area contributed by atoms with E-state index in [1.807, 2.05) is 0 Å². The van der Waals surface area contributed by atoms with Gasteiger partial charge in [-0.1, -0.05) is 18.2 Å². The molecule has 0 radical (unpaired) electrons. The molecule has 1 aromatic carbocycles. The van der Waals surface area contributed by atoms with Crippen molar-refractivity contribution in [3.05, 3.63) is 35.9 Å². The van der Waals surface area contributed by atoms with E-state index in [0.717, 1.165) is 0 Å². The zero-order valence-electron chi connectivity index (χ0n) is 11.4.